The molecule has 4 heteroatoms. The van der Waals surface area contributed by atoms with Crippen molar-refractivity contribution >= 4 is 21.6 Å². The van der Waals surface area contributed by atoms with Gasteiger partial charge < -0.3 is 5.32 Å². The number of hydrogen-bond donors (Lipinski definition) is 1. The Bertz CT molecular complexity index is 632. The number of nitrogens with one attached hydrogen (secondary N) is 1. The van der Waals surface area contributed by atoms with E-state index in [9.17, 15) is 8.78 Å². The van der Waals surface area contributed by atoms with Gasteiger partial charge in [-0.3, -0.25) is 0 Å². The lowest BCUT2D eigenvalue weighted by Gasteiger charge is -2.11. The maximum atomic E-state index is 13.7. The molecule has 0 aromatic heterocycles. The van der Waals surface area contributed by atoms with Crippen LogP contribution in [0.3, 0.4) is 0 Å². The number of hydrogen-bond acceptors (Lipinski definition) is 1. The highest BCUT2D eigenvalue weighted by Gasteiger charge is 2.12. The Kier molecular flexibility index (Phi) is 3.74. The molecular weight excluding hydrogens is 324 g/mol. The number of anilines is 1. The first-order chi connectivity index (χ1) is 9.63. The van der Waals surface area contributed by atoms with Crippen molar-refractivity contribution in [2.24, 2.45) is 0 Å². The van der Waals surface area contributed by atoms with Crippen LogP contribution >= 0.6 is 15.9 Å². The van der Waals surface area contributed by atoms with Gasteiger partial charge in [-0.1, -0.05) is 18.2 Å². The molecule has 0 bridgehead atoms. The Morgan fingerprint density at radius 2 is 1.85 bits per heavy atom. The molecular formula is C16H14BrF2N. The Hall–Kier alpha value is -1.42. The third-order valence-corrected chi connectivity index (χ3v) is 4.26. The molecule has 0 atom stereocenters. The molecule has 1 aliphatic carbocycles. The molecule has 0 saturated heterocycles. The van der Waals surface area contributed by atoms with E-state index in [-0.39, 0.29) is 0 Å². The summed E-state index contributed by atoms with van der Waals surface area (Å²) in [5.41, 5.74) is 4.22. The molecule has 1 N–H and O–H groups in total. The third kappa shape index (κ3) is 2.70. The van der Waals surface area contributed by atoms with Gasteiger partial charge in [0.25, 0.3) is 0 Å². The van der Waals surface area contributed by atoms with Gasteiger partial charge in [0, 0.05) is 17.1 Å². The second-order valence-electron chi connectivity index (χ2n) is 5.05. The maximum absolute atomic E-state index is 13.7. The van der Waals surface area contributed by atoms with Crippen molar-refractivity contribution in [1.82, 2.24) is 0 Å². The minimum Gasteiger partial charge on any atom is -0.378 e. The average molecular weight is 338 g/mol. The monoisotopic (exact) mass is 337 g/mol. The first kappa shape index (κ1) is 13.6. The fraction of sp³-hybridized carbons (Fsp3) is 0.250. The van der Waals surface area contributed by atoms with Crippen LogP contribution in [0.2, 0.25) is 0 Å². The average Bonchev–Trinajstić information content (AvgIpc) is 2.84. The third-order valence-electron chi connectivity index (χ3n) is 3.64. The molecule has 20 heavy (non-hydrogen) atoms. The van der Waals surface area contributed by atoms with Gasteiger partial charge in [0.2, 0.25) is 0 Å². The number of fused-ring (bicyclic) bond motifs is 1. The molecule has 0 unspecified atom stereocenters. The van der Waals surface area contributed by atoms with Gasteiger partial charge in [-0.25, -0.2) is 8.78 Å². The number of aryl methyl sites for hydroxylation is 2. The molecule has 0 fully saturated rings. The Morgan fingerprint density at radius 3 is 2.65 bits per heavy atom. The Labute approximate surface area is 125 Å². The first-order valence-electron chi connectivity index (χ1n) is 6.62. The van der Waals surface area contributed by atoms with Crippen LogP contribution in [-0.2, 0) is 19.4 Å². The van der Waals surface area contributed by atoms with Crippen molar-refractivity contribution in [3.63, 3.8) is 0 Å². The molecule has 0 saturated carbocycles. The molecule has 104 valence electrons. The van der Waals surface area contributed by atoms with Crippen molar-refractivity contribution in [2.75, 3.05) is 5.32 Å². The summed E-state index contributed by atoms with van der Waals surface area (Å²) in [6.07, 6.45) is 3.49. The highest BCUT2D eigenvalue weighted by atomic mass is 79.9. The zero-order valence-corrected chi connectivity index (χ0v) is 12.4. The van der Waals surface area contributed by atoms with Crippen molar-refractivity contribution in [3.8, 4) is 0 Å². The van der Waals surface area contributed by atoms with E-state index in [2.05, 4.69) is 39.4 Å². The molecule has 0 aliphatic heterocycles. The number of halogens is 3. The summed E-state index contributed by atoms with van der Waals surface area (Å²) in [4.78, 5) is 0. The van der Waals surface area contributed by atoms with Gasteiger partial charge in [-0.2, -0.15) is 0 Å². The molecule has 1 aliphatic rings. The first-order valence-corrected chi connectivity index (χ1v) is 7.42. The number of rotatable bonds is 3. The topological polar surface area (TPSA) is 12.0 Å². The van der Waals surface area contributed by atoms with Crippen LogP contribution in [0.5, 0.6) is 0 Å². The smallest absolute Gasteiger partial charge is 0.150 e. The van der Waals surface area contributed by atoms with Crippen LogP contribution in [0, 0.1) is 11.6 Å². The summed E-state index contributed by atoms with van der Waals surface area (Å²) in [6.45, 7) is 0.522. The van der Waals surface area contributed by atoms with Gasteiger partial charge >= 0.3 is 0 Å². The van der Waals surface area contributed by atoms with Crippen LogP contribution in [0.15, 0.2) is 34.8 Å². The second kappa shape index (κ2) is 5.52. The molecule has 0 spiro atoms. The summed E-state index contributed by atoms with van der Waals surface area (Å²) in [5.74, 6) is -1.17. The van der Waals surface area contributed by atoms with Gasteiger partial charge in [-0.05, 0) is 57.9 Å². The zero-order chi connectivity index (χ0) is 14.1. The quantitative estimate of drug-likeness (QED) is 0.845. The predicted molar refractivity (Wildman–Crippen MR) is 79.9 cm³/mol. The molecule has 1 nitrogen and oxygen atoms in total. The van der Waals surface area contributed by atoms with E-state index in [1.54, 1.807) is 0 Å². The molecule has 3 rings (SSSR count). The van der Waals surface area contributed by atoms with Crippen molar-refractivity contribution < 1.29 is 8.78 Å². The molecule has 2 aromatic rings. The lowest BCUT2D eigenvalue weighted by atomic mass is 10.1. The molecule has 0 heterocycles. The highest BCUT2D eigenvalue weighted by Crippen LogP contribution is 2.28. The summed E-state index contributed by atoms with van der Waals surface area (Å²) in [7, 11) is 0. The van der Waals surface area contributed by atoms with Crippen LogP contribution in [-0.4, -0.2) is 0 Å². The van der Waals surface area contributed by atoms with Gasteiger partial charge in [0.1, 0.15) is 11.6 Å². The lowest BCUT2D eigenvalue weighted by molar-refractivity contribution is 0.583. The van der Waals surface area contributed by atoms with Gasteiger partial charge in [0.15, 0.2) is 0 Å². The van der Waals surface area contributed by atoms with E-state index >= 15 is 0 Å². The lowest BCUT2D eigenvalue weighted by Crippen LogP contribution is -2.03. The predicted octanol–water partition coefficient (Wildman–Crippen LogP) is 4.83. The fourth-order valence-corrected chi connectivity index (χ4v) is 3.18. The Morgan fingerprint density at radius 1 is 1.05 bits per heavy atom. The van der Waals surface area contributed by atoms with Crippen LogP contribution in [0.25, 0.3) is 0 Å². The van der Waals surface area contributed by atoms with E-state index < -0.39 is 11.6 Å². The van der Waals surface area contributed by atoms with E-state index in [1.165, 1.54) is 23.6 Å². The van der Waals surface area contributed by atoms with Crippen molar-refractivity contribution in [3.05, 3.63) is 63.1 Å². The second-order valence-corrected chi connectivity index (χ2v) is 5.91. The highest BCUT2D eigenvalue weighted by molar-refractivity contribution is 9.10. The van der Waals surface area contributed by atoms with E-state index in [1.807, 2.05) is 0 Å². The van der Waals surface area contributed by atoms with E-state index in [4.69, 9.17) is 0 Å². The molecule has 0 radical (unpaired) electrons. The minimum absolute atomic E-state index is 0.298. The number of benzene rings is 2. The van der Waals surface area contributed by atoms with Crippen molar-refractivity contribution in [1.29, 1.82) is 0 Å². The SMILES string of the molecule is Fc1cc(F)c(NCc2ccc3c(c2)CCC3)c(Br)c1. The largest absolute Gasteiger partial charge is 0.378 e. The fourth-order valence-electron chi connectivity index (χ4n) is 2.64. The van der Waals surface area contributed by atoms with Crippen LogP contribution in [0.4, 0.5) is 14.5 Å². The zero-order valence-electron chi connectivity index (χ0n) is 10.8. The molecule has 2 aromatic carbocycles. The van der Waals surface area contributed by atoms with E-state index in [0.29, 0.717) is 16.7 Å². The van der Waals surface area contributed by atoms with Crippen LogP contribution < -0.4 is 5.32 Å². The minimum atomic E-state index is -0.586. The van der Waals surface area contributed by atoms with Crippen LogP contribution in [0.1, 0.15) is 23.1 Å². The molecule has 0 amide bonds. The summed E-state index contributed by atoms with van der Waals surface area (Å²) in [6, 6.07) is 8.52. The summed E-state index contributed by atoms with van der Waals surface area (Å²) >= 11 is 3.18. The van der Waals surface area contributed by atoms with E-state index in [0.717, 1.165) is 24.5 Å². The standard InChI is InChI=1S/C16H14BrF2N/c17-14-7-13(18)8-15(19)16(14)20-9-10-4-5-11-2-1-3-12(11)6-10/h4-8,20H,1-3,9H2. The van der Waals surface area contributed by atoms with Crippen molar-refractivity contribution in [2.45, 2.75) is 25.8 Å². The normalized spacial score (nSPS) is 13.3. The Balaban J connectivity index is 1.77. The van der Waals surface area contributed by atoms with Gasteiger partial charge in [0.05, 0.1) is 5.69 Å². The maximum Gasteiger partial charge on any atom is 0.150 e. The summed E-state index contributed by atoms with van der Waals surface area (Å²) in [5, 5.41) is 3.03. The van der Waals surface area contributed by atoms with Gasteiger partial charge in [-0.15, -0.1) is 0 Å². The summed E-state index contributed by atoms with van der Waals surface area (Å²) < 4.78 is 27.1.